The zero-order valence-electron chi connectivity index (χ0n) is 12.0. The lowest BCUT2D eigenvalue weighted by atomic mass is 9.96. The van der Waals surface area contributed by atoms with Crippen LogP contribution in [0.1, 0.15) is 25.7 Å². The van der Waals surface area contributed by atoms with Crippen molar-refractivity contribution in [1.82, 2.24) is 15.3 Å². The number of hydrogen-bond donors (Lipinski definition) is 1. The molecule has 0 spiro atoms. The van der Waals surface area contributed by atoms with Crippen LogP contribution < -0.4 is 15.0 Å². The summed E-state index contributed by atoms with van der Waals surface area (Å²) in [4.78, 5) is 22.9. The van der Waals surface area contributed by atoms with Gasteiger partial charge in [0.05, 0.1) is 17.8 Å². The second-order valence-electron chi connectivity index (χ2n) is 5.57. The molecule has 0 bridgehead atoms. The summed E-state index contributed by atoms with van der Waals surface area (Å²) in [5.74, 6) is 1.54. The molecular formula is C14H19BrN4O2. The molecule has 2 fully saturated rings. The van der Waals surface area contributed by atoms with Gasteiger partial charge in [-0.25, -0.2) is 4.98 Å². The van der Waals surface area contributed by atoms with Gasteiger partial charge >= 0.3 is 0 Å². The summed E-state index contributed by atoms with van der Waals surface area (Å²) < 4.78 is 5.94. The van der Waals surface area contributed by atoms with Crippen molar-refractivity contribution in [2.45, 2.75) is 31.7 Å². The molecule has 6 nitrogen and oxygen atoms in total. The Balaban J connectivity index is 1.58. The Morgan fingerprint density at radius 3 is 2.71 bits per heavy atom. The second kappa shape index (κ2) is 6.17. The number of methoxy groups -OCH3 is 1. The van der Waals surface area contributed by atoms with E-state index in [1.54, 1.807) is 13.3 Å². The molecule has 0 radical (unpaired) electrons. The maximum atomic E-state index is 12.0. The van der Waals surface area contributed by atoms with Gasteiger partial charge in [-0.1, -0.05) is 0 Å². The van der Waals surface area contributed by atoms with Gasteiger partial charge in [-0.15, -0.1) is 0 Å². The predicted molar refractivity (Wildman–Crippen MR) is 82.4 cm³/mol. The standard InChI is InChI=1S/C14H19BrN4O2/c1-21-13-11(15)8-16-14(18-13)19-6-4-9(5-7-19)12(20)17-10-2-3-10/h8-10H,2-7H2,1H3,(H,17,20). The first-order valence-corrected chi connectivity index (χ1v) is 8.08. The van der Waals surface area contributed by atoms with Crippen LogP contribution in [0.5, 0.6) is 5.88 Å². The second-order valence-corrected chi connectivity index (χ2v) is 6.43. The Morgan fingerprint density at radius 1 is 1.38 bits per heavy atom. The molecule has 3 rings (SSSR count). The molecule has 1 aromatic rings. The topological polar surface area (TPSA) is 67.3 Å². The van der Waals surface area contributed by atoms with E-state index in [0.29, 0.717) is 17.9 Å². The lowest BCUT2D eigenvalue weighted by molar-refractivity contribution is -0.125. The lowest BCUT2D eigenvalue weighted by Crippen LogP contribution is -2.41. The van der Waals surface area contributed by atoms with Crippen LogP contribution >= 0.6 is 15.9 Å². The zero-order chi connectivity index (χ0) is 14.8. The van der Waals surface area contributed by atoms with Crippen LogP contribution in [0.15, 0.2) is 10.7 Å². The Labute approximate surface area is 132 Å². The van der Waals surface area contributed by atoms with Crippen LogP contribution in [0.25, 0.3) is 0 Å². The summed E-state index contributed by atoms with van der Waals surface area (Å²) in [6, 6.07) is 0.439. The largest absolute Gasteiger partial charge is 0.480 e. The highest BCUT2D eigenvalue weighted by Crippen LogP contribution is 2.27. The molecule has 114 valence electrons. The molecule has 1 aliphatic carbocycles. The van der Waals surface area contributed by atoms with Gasteiger partial charge in [0.1, 0.15) is 0 Å². The molecule has 2 aliphatic rings. The van der Waals surface area contributed by atoms with Gasteiger partial charge in [-0.05, 0) is 41.6 Å². The van der Waals surface area contributed by atoms with Crippen LogP contribution in [0.2, 0.25) is 0 Å². The van der Waals surface area contributed by atoms with Crippen LogP contribution in [0, 0.1) is 5.92 Å². The van der Waals surface area contributed by atoms with E-state index < -0.39 is 0 Å². The van der Waals surface area contributed by atoms with Crippen molar-refractivity contribution >= 4 is 27.8 Å². The van der Waals surface area contributed by atoms with Gasteiger partial charge in [-0.2, -0.15) is 4.98 Å². The quantitative estimate of drug-likeness (QED) is 0.891. The molecule has 0 aromatic carbocycles. The Bertz CT molecular complexity index is 528. The van der Waals surface area contributed by atoms with E-state index in [9.17, 15) is 4.79 Å². The van der Waals surface area contributed by atoms with Crippen molar-refractivity contribution in [1.29, 1.82) is 0 Å². The molecule has 1 aromatic heterocycles. The van der Waals surface area contributed by atoms with Gasteiger partial charge < -0.3 is 15.0 Å². The molecule has 0 unspecified atom stereocenters. The number of aromatic nitrogens is 2. The minimum absolute atomic E-state index is 0.124. The maximum Gasteiger partial charge on any atom is 0.232 e. The van der Waals surface area contributed by atoms with Crippen molar-refractivity contribution in [2.24, 2.45) is 5.92 Å². The molecular weight excluding hydrogens is 336 g/mol. The minimum Gasteiger partial charge on any atom is -0.480 e. The Kier molecular flexibility index (Phi) is 4.28. The van der Waals surface area contributed by atoms with Crippen molar-refractivity contribution in [2.75, 3.05) is 25.1 Å². The monoisotopic (exact) mass is 354 g/mol. The number of carbonyl (C=O) groups excluding carboxylic acids is 1. The van der Waals surface area contributed by atoms with Gasteiger partial charge in [-0.3, -0.25) is 4.79 Å². The third-order valence-electron chi connectivity index (χ3n) is 3.96. The maximum absolute atomic E-state index is 12.0. The number of hydrogen-bond acceptors (Lipinski definition) is 5. The Hall–Kier alpha value is -1.37. The minimum atomic E-state index is 0.124. The van der Waals surface area contributed by atoms with Gasteiger partial charge in [0, 0.05) is 25.0 Å². The van der Waals surface area contributed by atoms with Crippen molar-refractivity contribution in [3.05, 3.63) is 10.7 Å². The summed E-state index contributed by atoms with van der Waals surface area (Å²) in [5, 5.41) is 3.09. The van der Waals surface area contributed by atoms with E-state index in [4.69, 9.17) is 4.74 Å². The first-order valence-electron chi connectivity index (χ1n) is 7.29. The number of rotatable bonds is 4. The number of carbonyl (C=O) groups is 1. The highest BCUT2D eigenvalue weighted by Gasteiger charge is 2.30. The summed E-state index contributed by atoms with van der Waals surface area (Å²) in [5.41, 5.74) is 0. The smallest absolute Gasteiger partial charge is 0.232 e. The number of nitrogens with zero attached hydrogens (tertiary/aromatic N) is 3. The van der Waals surface area contributed by atoms with Crippen LogP contribution in [-0.2, 0) is 4.79 Å². The first-order chi connectivity index (χ1) is 10.2. The van der Waals surface area contributed by atoms with E-state index in [1.165, 1.54) is 0 Å². The third kappa shape index (κ3) is 3.45. The number of amides is 1. The fourth-order valence-electron chi connectivity index (χ4n) is 2.53. The summed E-state index contributed by atoms with van der Waals surface area (Å²) in [6.07, 6.45) is 5.67. The number of halogens is 1. The van der Waals surface area contributed by atoms with E-state index >= 15 is 0 Å². The van der Waals surface area contributed by atoms with Crippen LogP contribution in [0.4, 0.5) is 5.95 Å². The molecule has 7 heteroatoms. The fourth-order valence-corrected chi connectivity index (χ4v) is 2.88. The van der Waals surface area contributed by atoms with Crippen molar-refractivity contribution in [3.8, 4) is 5.88 Å². The number of piperidine rings is 1. The number of ether oxygens (including phenoxy) is 1. The third-order valence-corrected chi connectivity index (χ3v) is 4.51. The van der Waals surface area contributed by atoms with E-state index in [2.05, 4.69) is 36.1 Å². The summed E-state index contributed by atoms with van der Waals surface area (Å²) in [6.45, 7) is 1.60. The molecule has 0 atom stereocenters. The van der Waals surface area contributed by atoms with Gasteiger partial charge in [0.15, 0.2) is 0 Å². The number of nitrogens with one attached hydrogen (secondary N) is 1. The highest BCUT2D eigenvalue weighted by molar-refractivity contribution is 9.10. The van der Waals surface area contributed by atoms with Gasteiger partial charge in [0.2, 0.25) is 17.7 Å². The Morgan fingerprint density at radius 2 is 2.10 bits per heavy atom. The van der Waals surface area contributed by atoms with E-state index in [1.807, 2.05) is 0 Å². The average Bonchev–Trinajstić information content (AvgIpc) is 3.32. The normalized spacial score (nSPS) is 19.4. The van der Waals surface area contributed by atoms with Gasteiger partial charge in [0.25, 0.3) is 0 Å². The van der Waals surface area contributed by atoms with Crippen LogP contribution in [0.3, 0.4) is 0 Å². The lowest BCUT2D eigenvalue weighted by Gasteiger charge is -2.31. The van der Waals surface area contributed by atoms with Crippen molar-refractivity contribution in [3.63, 3.8) is 0 Å². The molecule has 21 heavy (non-hydrogen) atoms. The SMILES string of the molecule is COc1nc(N2CCC(C(=O)NC3CC3)CC2)ncc1Br. The molecule has 1 aliphatic heterocycles. The van der Waals surface area contributed by atoms with E-state index in [-0.39, 0.29) is 11.8 Å². The highest BCUT2D eigenvalue weighted by atomic mass is 79.9. The predicted octanol–water partition coefficient (Wildman–Crippen LogP) is 1.74. The fraction of sp³-hybridized carbons (Fsp3) is 0.643. The van der Waals surface area contributed by atoms with Crippen LogP contribution in [-0.4, -0.2) is 42.1 Å². The molecule has 2 heterocycles. The average molecular weight is 355 g/mol. The molecule has 1 saturated heterocycles. The number of anilines is 1. The zero-order valence-corrected chi connectivity index (χ0v) is 13.6. The molecule has 1 amide bonds. The van der Waals surface area contributed by atoms with Crippen molar-refractivity contribution < 1.29 is 9.53 Å². The summed E-state index contributed by atoms with van der Waals surface area (Å²) in [7, 11) is 1.59. The van der Waals surface area contributed by atoms with E-state index in [0.717, 1.165) is 43.2 Å². The molecule has 1 N–H and O–H groups in total. The summed E-state index contributed by atoms with van der Waals surface area (Å²) >= 11 is 3.35. The molecule has 1 saturated carbocycles. The first kappa shape index (κ1) is 14.6.